The van der Waals surface area contributed by atoms with Crippen LogP contribution in [0.3, 0.4) is 0 Å². The number of fused-ring (bicyclic) bond motifs is 3. The fraction of sp³-hybridized carbons (Fsp3) is 0.483. The highest BCUT2D eigenvalue weighted by Crippen LogP contribution is 2.60. The van der Waals surface area contributed by atoms with Crippen LogP contribution < -0.4 is 0 Å². The Hall–Kier alpha value is -3.09. The van der Waals surface area contributed by atoms with Crippen molar-refractivity contribution in [2.24, 2.45) is 5.41 Å². The predicted molar refractivity (Wildman–Crippen MR) is 127 cm³/mol. The smallest absolute Gasteiger partial charge is 0.101 e. The van der Waals surface area contributed by atoms with Gasteiger partial charge in [0.05, 0.1) is 22.8 Å². The van der Waals surface area contributed by atoms with Gasteiger partial charge < -0.3 is 0 Å². The standard InChI is InChI=1S/C29H31N3/c1-3-5-21-6-7-22(17-23(21)18-30)24-8-9-27(26(20-32)25(24)19-31)29-14-11-28(10-4-2,12-15-29)13-16-29/h6-9,17H,3-5,10-16H2,1-2H3. The Morgan fingerprint density at radius 1 is 0.781 bits per heavy atom. The number of benzene rings is 2. The van der Waals surface area contributed by atoms with Gasteiger partial charge in [-0.25, -0.2) is 0 Å². The van der Waals surface area contributed by atoms with Gasteiger partial charge in [0.1, 0.15) is 12.1 Å². The van der Waals surface area contributed by atoms with E-state index in [-0.39, 0.29) is 5.41 Å². The van der Waals surface area contributed by atoms with Gasteiger partial charge in [-0.3, -0.25) is 0 Å². The molecule has 0 aromatic heterocycles. The van der Waals surface area contributed by atoms with Crippen molar-refractivity contribution in [1.82, 2.24) is 0 Å². The lowest BCUT2D eigenvalue weighted by molar-refractivity contribution is 0.0319. The van der Waals surface area contributed by atoms with Gasteiger partial charge in [-0.2, -0.15) is 15.8 Å². The summed E-state index contributed by atoms with van der Waals surface area (Å²) in [4.78, 5) is 0. The van der Waals surface area contributed by atoms with Gasteiger partial charge in [0.25, 0.3) is 0 Å². The predicted octanol–water partition coefficient (Wildman–Crippen LogP) is 7.31. The quantitative estimate of drug-likeness (QED) is 0.491. The van der Waals surface area contributed by atoms with E-state index in [1.54, 1.807) is 0 Å². The third-order valence-corrected chi connectivity index (χ3v) is 8.24. The highest BCUT2D eigenvalue weighted by Gasteiger charge is 2.49. The molecule has 0 aliphatic heterocycles. The Balaban J connectivity index is 1.77. The second-order valence-corrected chi connectivity index (χ2v) is 9.90. The van der Waals surface area contributed by atoms with Crippen molar-refractivity contribution < 1.29 is 0 Å². The summed E-state index contributed by atoms with van der Waals surface area (Å²) in [5.74, 6) is 0. The Bertz CT molecular complexity index is 1130. The van der Waals surface area contributed by atoms with Crippen molar-refractivity contribution >= 4 is 0 Å². The first-order valence-electron chi connectivity index (χ1n) is 12.1. The van der Waals surface area contributed by atoms with E-state index < -0.39 is 0 Å². The van der Waals surface area contributed by atoms with Gasteiger partial charge in [0, 0.05) is 5.56 Å². The van der Waals surface area contributed by atoms with Gasteiger partial charge in [-0.05, 0) is 85.0 Å². The van der Waals surface area contributed by atoms with Crippen LogP contribution in [0.5, 0.6) is 0 Å². The Morgan fingerprint density at radius 2 is 1.47 bits per heavy atom. The van der Waals surface area contributed by atoms with Gasteiger partial charge in [0.15, 0.2) is 0 Å². The van der Waals surface area contributed by atoms with Crippen molar-refractivity contribution in [2.45, 2.75) is 83.5 Å². The molecule has 3 aliphatic rings. The minimum Gasteiger partial charge on any atom is -0.192 e. The third kappa shape index (κ3) is 3.59. The van der Waals surface area contributed by atoms with Crippen molar-refractivity contribution in [2.75, 3.05) is 0 Å². The molecular weight excluding hydrogens is 390 g/mol. The molecule has 2 aromatic rings. The maximum Gasteiger partial charge on any atom is 0.101 e. The summed E-state index contributed by atoms with van der Waals surface area (Å²) in [6, 6.07) is 17.0. The maximum atomic E-state index is 10.2. The van der Waals surface area contributed by atoms with Crippen molar-refractivity contribution in [3.8, 4) is 29.3 Å². The fourth-order valence-corrected chi connectivity index (χ4v) is 6.43. The SMILES string of the molecule is CCCc1ccc(-c2ccc(C34CCC(CCC)(CC3)CC4)c(C#N)c2C#N)cc1C#N. The van der Waals surface area contributed by atoms with Crippen molar-refractivity contribution in [3.63, 3.8) is 0 Å². The summed E-state index contributed by atoms with van der Waals surface area (Å²) < 4.78 is 0. The monoisotopic (exact) mass is 421 g/mol. The summed E-state index contributed by atoms with van der Waals surface area (Å²) in [7, 11) is 0. The van der Waals surface area contributed by atoms with E-state index in [1.165, 1.54) is 32.1 Å². The Labute approximate surface area is 192 Å². The molecule has 162 valence electrons. The molecule has 3 fully saturated rings. The fourth-order valence-electron chi connectivity index (χ4n) is 6.43. The van der Waals surface area contributed by atoms with E-state index in [0.717, 1.165) is 54.4 Å². The molecule has 3 heteroatoms. The summed E-state index contributed by atoms with van der Waals surface area (Å²) in [6.45, 7) is 4.38. The lowest BCUT2D eigenvalue weighted by atomic mass is 9.50. The number of nitriles is 3. The largest absolute Gasteiger partial charge is 0.192 e. The second-order valence-electron chi connectivity index (χ2n) is 9.90. The second kappa shape index (κ2) is 8.81. The molecule has 5 rings (SSSR count). The molecule has 0 radical (unpaired) electrons. The van der Waals surface area contributed by atoms with E-state index in [2.05, 4.69) is 38.1 Å². The molecule has 0 heterocycles. The number of hydrogen-bond acceptors (Lipinski definition) is 3. The van der Waals surface area contributed by atoms with Crippen LogP contribution in [-0.4, -0.2) is 0 Å². The third-order valence-electron chi connectivity index (χ3n) is 8.24. The molecule has 0 atom stereocenters. The van der Waals surface area contributed by atoms with E-state index in [9.17, 15) is 15.8 Å². The Morgan fingerprint density at radius 3 is 2.03 bits per heavy atom. The Kier molecular flexibility index (Phi) is 6.09. The summed E-state index contributed by atoms with van der Waals surface area (Å²) in [6.07, 6.45) is 11.5. The van der Waals surface area contributed by atoms with Crippen LogP contribution in [0.15, 0.2) is 30.3 Å². The molecule has 3 nitrogen and oxygen atoms in total. The van der Waals surface area contributed by atoms with Gasteiger partial charge in [-0.1, -0.05) is 51.0 Å². The molecule has 0 saturated heterocycles. The lowest BCUT2D eigenvalue weighted by Crippen LogP contribution is -2.44. The van der Waals surface area contributed by atoms with Crippen LogP contribution in [0.4, 0.5) is 0 Å². The molecule has 32 heavy (non-hydrogen) atoms. The normalized spacial score (nSPS) is 23.8. The average Bonchev–Trinajstić information content (AvgIpc) is 2.84. The molecule has 0 amide bonds. The molecule has 2 bridgehead atoms. The van der Waals surface area contributed by atoms with Crippen LogP contribution in [0, 0.1) is 39.4 Å². The molecule has 0 unspecified atom stereocenters. The van der Waals surface area contributed by atoms with Crippen LogP contribution >= 0.6 is 0 Å². The first-order chi connectivity index (χ1) is 15.5. The molecule has 0 spiro atoms. The van der Waals surface area contributed by atoms with Crippen LogP contribution in [-0.2, 0) is 11.8 Å². The summed E-state index contributed by atoms with van der Waals surface area (Å²) >= 11 is 0. The number of aryl methyl sites for hydroxylation is 1. The van der Waals surface area contributed by atoms with E-state index in [4.69, 9.17) is 0 Å². The zero-order chi connectivity index (χ0) is 22.8. The van der Waals surface area contributed by atoms with E-state index in [1.807, 2.05) is 24.3 Å². The van der Waals surface area contributed by atoms with Gasteiger partial charge in [-0.15, -0.1) is 0 Å². The lowest BCUT2D eigenvalue weighted by Gasteiger charge is -2.54. The first-order valence-corrected chi connectivity index (χ1v) is 12.1. The van der Waals surface area contributed by atoms with E-state index >= 15 is 0 Å². The molecule has 2 aromatic carbocycles. The van der Waals surface area contributed by atoms with Gasteiger partial charge >= 0.3 is 0 Å². The molecule has 3 aliphatic carbocycles. The first kappa shape index (κ1) is 22.1. The number of hydrogen-bond donors (Lipinski definition) is 0. The van der Waals surface area contributed by atoms with E-state index in [0.29, 0.717) is 22.1 Å². The summed E-state index contributed by atoms with van der Waals surface area (Å²) in [5, 5.41) is 29.9. The van der Waals surface area contributed by atoms with Gasteiger partial charge in [0.2, 0.25) is 0 Å². The number of nitrogens with zero attached hydrogens (tertiary/aromatic N) is 3. The molecule has 0 N–H and O–H groups in total. The maximum absolute atomic E-state index is 10.2. The molecular formula is C29H31N3. The highest BCUT2D eigenvalue weighted by atomic mass is 14.5. The summed E-state index contributed by atoms with van der Waals surface area (Å²) in [5.41, 5.74) is 5.92. The number of rotatable bonds is 6. The topological polar surface area (TPSA) is 71.4 Å². The minimum atomic E-state index is 0.0352. The zero-order valence-corrected chi connectivity index (χ0v) is 19.3. The van der Waals surface area contributed by atoms with Crippen LogP contribution in [0.25, 0.3) is 11.1 Å². The zero-order valence-electron chi connectivity index (χ0n) is 19.3. The van der Waals surface area contributed by atoms with Crippen molar-refractivity contribution in [1.29, 1.82) is 15.8 Å². The molecule has 3 saturated carbocycles. The van der Waals surface area contributed by atoms with Crippen LogP contribution in [0.1, 0.15) is 99.5 Å². The highest BCUT2D eigenvalue weighted by molar-refractivity contribution is 5.76. The van der Waals surface area contributed by atoms with Crippen molar-refractivity contribution in [3.05, 3.63) is 58.1 Å². The minimum absolute atomic E-state index is 0.0352. The average molecular weight is 422 g/mol. The van der Waals surface area contributed by atoms with Crippen LogP contribution in [0.2, 0.25) is 0 Å².